The molecule has 3 rings (SSSR count). The minimum atomic E-state index is -0.229. The van der Waals surface area contributed by atoms with Gasteiger partial charge in [0.2, 0.25) is 0 Å². The Morgan fingerprint density at radius 3 is 2.74 bits per heavy atom. The molecule has 1 aromatic heterocycles. The number of fused-ring (bicyclic) bond motifs is 2. The fourth-order valence-electron chi connectivity index (χ4n) is 4.00. The first-order valence-electron chi connectivity index (χ1n) is 9.92. The molecule has 0 N–H and O–H groups in total. The van der Waals surface area contributed by atoms with Crippen molar-refractivity contribution in [2.24, 2.45) is 11.8 Å². The van der Waals surface area contributed by atoms with Crippen LogP contribution >= 0.6 is 11.8 Å². The first-order chi connectivity index (χ1) is 13.0. The molecule has 0 radical (unpaired) electrons. The molecule has 5 nitrogen and oxygen atoms in total. The van der Waals surface area contributed by atoms with Crippen molar-refractivity contribution in [3.63, 3.8) is 0 Å². The second kappa shape index (κ2) is 9.00. The van der Waals surface area contributed by atoms with Gasteiger partial charge < -0.3 is 4.74 Å². The quantitative estimate of drug-likeness (QED) is 0.277. The number of Topliss-reactive ketones (excluding diaryl/α,β-unsaturated/α-hetero) is 1. The van der Waals surface area contributed by atoms with E-state index in [0.29, 0.717) is 28.6 Å². The normalized spacial score (nSPS) is 21.7. The van der Waals surface area contributed by atoms with E-state index in [0.717, 1.165) is 50.6 Å². The lowest BCUT2D eigenvalue weighted by atomic mass is 9.85. The average Bonchev–Trinajstić information content (AvgIpc) is 3.09. The molecular weight excluding hydrogens is 360 g/mol. The van der Waals surface area contributed by atoms with Crippen LogP contribution in [-0.4, -0.2) is 28.0 Å². The van der Waals surface area contributed by atoms with Crippen molar-refractivity contribution < 1.29 is 14.3 Å². The van der Waals surface area contributed by atoms with Crippen LogP contribution < -0.4 is 0 Å². The number of hydrogen-bond acceptors (Lipinski definition) is 6. The van der Waals surface area contributed by atoms with Gasteiger partial charge in [-0.2, -0.15) is 0 Å². The predicted octanol–water partition coefficient (Wildman–Crippen LogP) is 4.73. The minimum Gasteiger partial charge on any atom is -0.430 e. The SMILES string of the molecule is CCCCCCC(=O)OC1=C(c2cc(C)nc(SC)n2)C(=O)[C@H]2CC[C@@H]1C2. The molecule has 2 atom stereocenters. The number of thioether (sulfide) groups is 1. The minimum absolute atomic E-state index is 0.0324. The Hall–Kier alpha value is -1.69. The lowest BCUT2D eigenvalue weighted by Crippen LogP contribution is -2.24. The van der Waals surface area contributed by atoms with E-state index in [-0.39, 0.29) is 23.6 Å². The number of aryl methyl sites for hydroxylation is 1. The van der Waals surface area contributed by atoms with Crippen LogP contribution in [0.1, 0.15) is 69.7 Å². The Morgan fingerprint density at radius 2 is 2.00 bits per heavy atom. The monoisotopic (exact) mass is 388 g/mol. The summed E-state index contributed by atoms with van der Waals surface area (Å²) in [7, 11) is 0. The number of unbranched alkanes of at least 4 members (excludes halogenated alkanes) is 3. The van der Waals surface area contributed by atoms with Crippen LogP contribution in [0, 0.1) is 18.8 Å². The van der Waals surface area contributed by atoms with Gasteiger partial charge in [-0.05, 0) is 44.9 Å². The number of hydrogen-bond donors (Lipinski definition) is 0. The van der Waals surface area contributed by atoms with E-state index >= 15 is 0 Å². The Bertz CT molecular complexity index is 760. The zero-order chi connectivity index (χ0) is 19.4. The van der Waals surface area contributed by atoms with E-state index in [1.165, 1.54) is 11.8 Å². The van der Waals surface area contributed by atoms with Gasteiger partial charge in [0.25, 0.3) is 0 Å². The van der Waals surface area contributed by atoms with Crippen LogP contribution in [0.15, 0.2) is 17.0 Å². The topological polar surface area (TPSA) is 69.2 Å². The van der Waals surface area contributed by atoms with Crippen molar-refractivity contribution in [2.45, 2.75) is 70.4 Å². The summed E-state index contributed by atoms with van der Waals surface area (Å²) in [6.45, 7) is 4.04. The molecule has 2 aliphatic carbocycles. The van der Waals surface area contributed by atoms with E-state index < -0.39 is 0 Å². The number of nitrogens with zero attached hydrogens (tertiary/aromatic N) is 2. The molecule has 0 unspecified atom stereocenters. The third kappa shape index (κ3) is 4.60. The van der Waals surface area contributed by atoms with Gasteiger partial charge in [-0.15, -0.1) is 0 Å². The molecule has 0 saturated heterocycles. The van der Waals surface area contributed by atoms with Crippen LogP contribution in [0.5, 0.6) is 0 Å². The molecule has 1 fully saturated rings. The van der Waals surface area contributed by atoms with E-state index in [4.69, 9.17) is 4.74 Å². The van der Waals surface area contributed by atoms with Crippen molar-refractivity contribution in [2.75, 3.05) is 6.26 Å². The fourth-order valence-corrected chi connectivity index (χ4v) is 4.43. The summed E-state index contributed by atoms with van der Waals surface area (Å²) in [5.74, 6) is 0.579. The smallest absolute Gasteiger partial charge is 0.310 e. The maximum atomic E-state index is 13.1. The number of ketones is 1. The molecule has 2 bridgehead atoms. The summed E-state index contributed by atoms with van der Waals surface area (Å²) < 4.78 is 5.81. The molecule has 0 aliphatic heterocycles. The number of carbonyl (C=O) groups excluding carboxylic acids is 2. The maximum Gasteiger partial charge on any atom is 0.310 e. The van der Waals surface area contributed by atoms with Gasteiger partial charge >= 0.3 is 5.97 Å². The summed E-state index contributed by atoms with van der Waals surface area (Å²) in [5.41, 5.74) is 1.92. The Kier molecular flexibility index (Phi) is 6.68. The number of rotatable bonds is 8. The highest BCUT2D eigenvalue weighted by atomic mass is 32.2. The molecule has 27 heavy (non-hydrogen) atoms. The van der Waals surface area contributed by atoms with Crippen LogP contribution in [0.25, 0.3) is 5.57 Å². The van der Waals surface area contributed by atoms with E-state index in [9.17, 15) is 9.59 Å². The first kappa shape index (κ1) is 20.1. The standard InChI is InChI=1S/C21H28N2O3S/c1-4-5-6-7-8-17(24)26-20-15-10-9-14(12-15)19(25)18(20)16-11-13(2)22-21(23-16)27-3/h11,14-15H,4-10,12H2,1-3H3/t14-,15+/m0/s1. The van der Waals surface area contributed by atoms with Crippen LogP contribution in [0.3, 0.4) is 0 Å². The fraction of sp³-hybridized carbons (Fsp3) is 0.619. The van der Waals surface area contributed by atoms with Crippen molar-refractivity contribution in [3.05, 3.63) is 23.2 Å². The van der Waals surface area contributed by atoms with Gasteiger partial charge in [-0.3, -0.25) is 9.59 Å². The molecular formula is C21H28N2O3S. The van der Waals surface area contributed by atoms with Crippen LogP contribution in [0.2, 0.25) is 0 Å². The average molecular weight is 389 g/mol. The largest absolute Gasteiger partial charge is 0.430 e. The Labute approximate surface area is 165 Å². The number of aromatic nitrogens is 2. The molecule has 0 spiro atoms. The molecule has 0 amide bonds. The van der Waals surface area contributed by atoms with E-state index in [2.05, 4.69) is 16.9 Å². The highest BCUT2D eigenvalue weighted by molar-refractivity contribution is 7.98. The molecule has 6 heteroatoms. The molecule has 2 aliphatic rings. The zero-order valence-corrected chi connectivity index (χ0v) is 17.2. The predicted molar refractivity (Wildman–Crippen MR) is 106 cm³/mol. The van der Waals surface area contributed by atoms with Crippen LogP contribution in [-0.2, 0) is 14.3 Å². The third-order valence-corrected chi connectivity index (χ3v) is 5.95. The van der Waals surface area contributed by atoms with Crippen molar-refractivity contribution in [3.8, 4) is 0 Å². The maximum absolute atomic E-state index is 13.1. The number of allylic oxidation sites excluding steroid dienone is 2. The van der Waals surface area contributed by atoms with Crippen LogP contribution in [0.4, 0.5) is 0 Å². The highest BCUT2D eigenvalue weighted by Crippen LogP contribution is 2.46. The Balaban J connectivity index is 1.90. The second-order valence-corrected chi connectivity index (χ2v) is 8.25. The van der Waals surface area contributed by atoms with Crippen molar-refractivity contribution >= 4 is 29.1 Å². The van der Waals surface area contributed by atoms with Crippen molar-refractivity contribution in [1.29, 1.82) is 0 Å². The number of esters is 1. The summed E-state index contributed by atoms with van der Waals surface area (Å²) in [4.78, 5) is 34.4. The summed E-state index contributed by atoms with van der Waals surface area (Å²) in [6, 6.07) is 1.83. The second-order valence-electron chi connectivity index (χ2n) is 7.48. The van der Waals surface area contributed by atoms with Crippen molar-refractivity contribution in [1.82, 2.24) is 9.97 Å². The summed E-state index contributed by atoms with van der Waals surface area (Å²) in [6.07, 6.45) is 9.00. The summed E-state index contributed by atoms with van der Waals surface area (Å²) >= 11 is 1.45. The lowest BCUT2D eigenvalue weighted by Gasteiger charge is -2.24. The number of carbonyl (C=O) groups is 2. The lowest BCUT2D eigenvalue weighted by molar-refractivity contribution is -0.140. The summed E-state index contributed by atoms with van der Waals surface area (Å²) in [5, 5.41) is 0.633. The van der Waals surface area contributed by atoms with E-state index in [1.54, 1.807) is 0 Å². The van der Waals surface area contributed by atoms with Gasteiger partial charge in [0.05, 0.1) is 11.3 Å². The van der Waals surface area contributed by atoms with Gasteiger partial charge in [0.15, 0.2) is 10.9 Å². The number of ether oxygens (including phenoxy) is 1. The molecule has 1 saturated carbocycles. The Morgan fingerprint density at radius 1 is 1.22 bits per heavy atom. The van der Waals surface area contributed by atoms with Gasteiger partial charge in [0, 0.05) is 24.0 Å². The molecule has 146 valence electrons. The zero-order valence-electron chi connectivity index (χ0n) is 16.4. The molecule has 0 aromatic carbocycles. The van der Waals surface area contributed by atoms with Gasteiger partial charge in [0.1, 0.15) is 5.76 Å². The van der Waals surface area contributed by atoms with E-state index in [1.807, 2.05) is 19.2 Å². The molecule has 1 heterocycles. The molecule has 1 aromatic rings. The van der Waals surface area contributed by atoms with Gasteiger partial charge in [-0.1, -0.05) is 37.9 Å². The third-order valence-electron chi connectivity index (χ3n) is 5.40. The first-order valence-corrected chi connectivity index (χ1v) is 11.1. The van der Waals surface area contributed by atoms with Gasteiger partial charge in [-0.25, -0.2) is 9.97 Å². The highest BCUT2D eigenvalue weighted by Gasteiger charge is 2.43.